The van der Waals surface area contributed by atoms with E-state index < -0.39 is 0 Å². The molecule has 1 amide bonds. The second-order valence-electron chi connectivity index (χ2n) is 6.01. The van der Waals surface area contributed by atoms with Crippen LogP contribution in [0.15, 0.2) is 60.9 Å². The van der Waals surface area contributed by atoms with Crippen LogP contribution in [0.25, 0.3) is 0 Å². The number of nitrogens with one attached hydrogen (secondary N) is 2. The van der Waals surface area contributed by atoms with E-state index in [9.17, 15) is 4.79 Å². The first-order valence-electron chi connectivity index (χ1n) is 8.23. The molecule has 0 aliphatic heterocycles. The van der Waals surface area contributed by atoms with Crippen LogP contribution in [0.1, 0.15) is 15.9 Å². The fourth-order valence-corrected chi connectivity index (χ4v) is 2.35. The van der Waals surface area contributed by atoms with Gasteiger partial charge in [0.25, 0.3) is 5.91 Å². The molecule has 0 atom stereocenters. The minimum atomic E-state index is -0.286. The Morgan fingerprint density at radius 2 is 1.74 bits per heavy atom. The van der Waals surface area contributed by atoms with E-state index in [0.29, 0.717) is 28.5 Å². The summed E-state index contributed by atoms with van der Waals surface area (Å²) in [5.41, 5.74) is 3.33. The minimum Gasteiger partial charge on any atom is -0.378 e. The Labute approximate surface area is 157 Å². The average molecular weight is 358 g/mol. The van der Waals surface area contributed by atoms with Gasteiger partial charge in [-0.15, -0.1) is 0 Å². The molecule has 0 aliphatic rings. The maximum absolute atomic E-state index is 12.3. The highest BCUT2D eigenvalue weighted by Crippen LogP contribution is 2.17. The largest absolute Gasteiger partial charge is 0.378 e. The van der Waals surface area contributed by atoms with Crippen molar-refractivity contribution in [3.63, 3.8) is 0 Å². The van der Waals surface area contributed by atoms with Gasteiger partial charge in [-0.3, -0.25) is 4.79 Å². The van der Waals surface area contributed by atoms with Crippen LogP contribution >= 0.6 is 0 Å². The first kappa shape index (κ1) is 17.9. The summed E-state index contributed by atoms with van der Waals surface area (Å²) in [7, 11) is 3.91. The number of anilines is 4. The quantitative estimate of drug-likeness (QED) is 0.726. The van der Waals surface area contributed by atoms with Gasteiger partial charge in [0.2, 0.25) is 5.95 Å². The van der Waals surface area contributed by atoms with Gasteiger partial charge in [-0.1, -0.05) is 6.07 Å². The maximum Gasteiger partial charge on any atom is 0.258 e. The fourth-order valence-electron chi connectivity index (χ4n) is 2.35. The van der Waals surface area contributed by atoms with E-state index >= 15 is 0 Å². The molecule has 0 aliphatic carbocycles. The minimum absolute atomic E-state index is 0.286. The molecule has 3 aromatic rings. The van der Waals surface area contributed by atoms with Crippen LogP contribution in [0.4, 0.5) is 23.0 Å². The van der Waals surface area contributed by atoms with Gasteiger partial charge in [-0.25, -0.2) is 9.97 Å². The Morgan fingerprint density at radius 1 is 1.04 bits per heavy atom. The van der Waals surface area contributed by atoms with E-state index in [0.717, 1.165) is 5.69 Å². The third-order valence-corrected chi connectivity index (χ3v) is 3.80. The zero-order valence-corrected chi connectivity index (χ0v) is 15.0. The second-order valence-corrected chi connectivity index (χ2v) is 6.01. The summed E-state index contributed by atoms with van der Waals surface area (Å²) in [6.45, 7) is 0. The molecule has 2 N–H and O–H groups in total. The van der Waals surface area contributed by atoms with Crippen LogP contribution in [0.5, 0.6) is 0 Å². The SMILES string of the molecule is CN(C)c1ccc(NC(=O)c2cnc(Nc3cccc(C#N)c3)nc2)cc1. The predicted octanol–water partition coefficient (Wildman–Crippen LogP) is 3.41. The molecule has 0 saturated carbocycles. The number of benzene rings is 2. The van der Waals surface area contributed by atoms with Crippen molar-refractivity contribution in [2.24, 2.45) is 0 Å². The number of aromatic nitrogens is 2. The molecule has 0 spiro atoms. The Morgan fingerprint density at radius 3 is 2.37 bits per heavy atom. The third kappa shape index (κ3) is 4.58. The first-order chi connectivity index (χ1) is 13.0. The molecule has 2 aromatic carbocycles. The zero-order chi connectivity index (χ0) is 19.2. The molecule has 0 saturated heterocycles. The predicted molar refractivity (Wildman–Crippen MR) is 105 cm³/mol. The van der Waals surface area contributed by atoms with E-state index in [1.54, 1.807) is 18.2 Å². The molecule has 0 radical (unpaired) electrons. The highest BCUT2D eigenvalue weighted by molar-refractivity contribution is 6.04. The Bertz CT molecular complexity index is 975. The smallest absolute Gasteiger partial charge is 0.258 e. The van der Waals surface area contributed by atoms with Crippen LogP contribution in [-0.4, -0.2) is 30.0 Å². The standard InChI is InChI=1S/C20H18N6O/c1-26(2)18-8-6-16(7-9-18)24-19(27)15-12-22-20(23-13-15)25-17-5-3-4-14(10-17)11-21/h3-10,12-13H,1-2H3,(H,24,27)(H,22,23,25). The van der Waals surface area contributed by atoms with Crippen molar-refractivity contribution in [3.05, 3.63) is 72.1 Å². The lowest BCUT2D eigenvalue weighted by Crippen LogP contribution is -2.13. The monoisotopic (exact) mass is 358 g/mol. The number of rotatable bonds is 5. The number of nitrogens with zero attached hydrogens (tertiary/aromatic N) is 4. The number of carbonyl (C=O) groups is 1. The zero-order valence-electron chi connectivity index (χ0n) is 15.0. The molecular formula is C20H18N6O. The molecule has 1 heterocycles. The molecule has 0 bridgehead atoms. The Balaban J connectivity index is 1.65. The summed E-state index contributed by atoms with van der Waals surface area (Å²) in [5.74, 6) is 0.0580. The van der Waals surface area contributed by atoms with Gasteiger partial charge >= 0.3 is 0 Å². The lowest BCUT2D eigenvalue weighted by atomic mass is 10.2. The summed E-state index contributed by atoms with van der Waals surface area (Å²) in [5, 5.41) is 14.7. The van der Waals surface area contributed by atoms with Crippen molar-refractivity contribution >= 4 is 28.9 Å². The lowest BCUT2D eigenvalue weighted by molar-refractivity contribution is 0.102. The van der Waals surface area contributed by atoms with Crippen molar-refractivity contribution in [2.75, 3.05) is 29.6 Å². The Kier molecular flexibility index (Phi) is 5.28. The molecule has 3 rings (SSSR count). The second kappa shape index (κ2) is 7.97. The summed E-state index contributed by atoms with van der Waals surface area (Å²) < 4.78 is 0. The molecule has 1 aromatic heterocycles. The van der Waals surface area contributed by atoms with E-state index in [1.165, 1.54) is 12.4 Å². The Hall–Kier alpha value is -3.92. The molecule has 0 fully saturated rings. The van der Waals surface area contributed by atoms with Crippen molar-refractivity contribution in [3.8, 4) is 6.07 Å². The molecule has 0 unspecified atom stereocenters. The van der Waals surface area contributed by atoms with Crippen LogP contribution in [-0.2, 0) is 0 Å². The van der Waals surface area contributed by atoms with Crippen molar-refractivity contribution in [1.82, 2.24) is 9.97 Å². The van der Waals surface area contributed by atoms with Gasteiger partial charge in [-0.05, 0) is 42.5 Å². The van der Waals surface area contributed by atoms with E-state index in [4.69, 9.17) is 5.26 Å². The molecule has 7 nitrogen and oxygen atoms in total. The van der Waals surface area contributed by atoms with Gasteiger partial charge in [-0.2, -0.15) is 5.26 Å². The van der Waals surface area contributed by atoms with Gasteiger partial charge in [0, 0.05) is 43.6 Å². The fraction of sp³-hybridized carbons (Fsp3) is 0.100. The van der Waals surface area contributed by atoms with Crippen molar-refractivity contribution in [1.29, 1.82) is 5.26 Å². The summed E-state index contributed by atoms with van der Waals surface area (Å²) >= 11 is 0. The lowest BCUT2D eigenvalue weighted by Gasteiger charge is -2.13. The van der Waals surface area contributed by atoms with Gasteiger partial charge in [0.15, 0.2) is 0 Å². The van der Waals surface area contributed by atoms with Crippen LogP contribution in [0.3, 0.4) is 0 Å². The van der Waals surface area contributed by atoms with Gasteiger partial charge in [0.05, 0.1) is 17.2 Å². The van der Waals surface area contributed by atoms with E-state index in [1.807, 2.05) is 49.3 Å². The number of carbonyl (C=O) groups excluding carboxylic acids is 1. The molecule has 7 heteroatoms. The third-order valence-electron chi connectivity index (χ3n) is 3.80. The highest BCUT2D eigenvalue weighted by Gasteiger charge is 2.08. The van der Waals surface area contributed by atoms with Crippen LogP contribution < -0.4 is 15.5 Å². The van der Waals surface area contributed by atoms with E-state index in [-0.39, 0.29) is 5.91 Å². The normalized spacial score (nSPS) is 9.96. The summed E-state index contributed by atoms with van der Waals surface area (Å²) in [6.07, 6.45) is 2.90. The molecule has 134 valence electrons. The number of nitriles is 1. The van der Waals surface area contributed by atoms with Crippen molar-refractivity contribution in [2.45, 2.75) is 0 Å². The van der Waals surface area contributed by atoms with Crippen LogP contribution in [0, 0.1) is 11.3 Å². The van der Waals surface area contributed by atoms with Crippen LogP contribution in [0.2, 0.25) is 0 Å². The number of amides is 1. The van der Waals surface area contributed by atoms with Crippen molar-refractivity contribution < 1.29 is 4.79 Å². The summed E-state index contributed by atoms with van der Waals surface area (Å²) in [6, 6.07) is 16.6. The van der Waals surface area contributed by atoms with E-state index in [2.05, 4.69) is 26.7 Å². The molecule has 27 heavy (non-hydrogen) atoms. The van der Waals surface area contributed by atoms with Gasteiger partial charge < -0.3 is 15.5 Å². The topological polar surface area (TPSA) is 93.9 Å². The number of hydrogen-bond donors (Lipinski definition) is 2. The average Bonchev–Trinajstić information content (AvgIpc) is 2.69. The maximum atomic E-state index is 12.3. The highest BCUT2D eigenvalue weighted by atomic mass is 16.1. The van der Waals surface area contributed by atoms with Gasteiger partial charge in [0.1, 0.15) is 0 Å². The summed E-state index contributed by atoms with van der Waals surface area (Å²) in [4.78, 5) is 22.6. The number of hydrogen-bond acceptors (Lipinski definition) is 6. The first-order valence-corrected chi connectivity index (χ1v) is 8.23. The molecular weight excluding hydrogens is 340 g/mol.